The fraction of sp³-hybridized carbons (Fsp3) is 0.250. The molecule has 0 aromatic heterocycles. The van der Waals surface area contributed by atoms with Gasteiger partial charge in [0.2, 0.25) is 0 Å². The van der Waals surface area contributed by atoms with Crippen LogP contribution in [0.2, 0.25) is 5.02 Å². The van der Waals surface area contributed by atoms with Gasteiger partial charge >= 0.3 is 0 Å². The number of ether oxygens (including phenoxy) is 1. The van der Waals surface area contributed by atoms with Gasteiger partial charge in [-0.1, -0.05) is 29.3 Å². The van der Waals surface area contributed by atoms with Crippen LogP contribution in [0.25, 0.3) is 0 Å². The summed E-state index contributed by atoms with van der Waals surface area (Å²) in [6.45, 7) is 2.89. The molecule has 3 heteroatoms. The van der Waals surface area contributed by atoms with E-state index in [1.807, 2.05) is 18.2 Å². The minimum atomic E-state index is 0.176. The average molecular weight is 274 g/mol. The first-order valence-corrected chi connectivity index (χ1v) is 6.84. The lowest BCUT2D eigenvalue weighted by molar-refractivity contribution is 0.246. The molecule has 2 aromatic carbocycles. The van der Waals surface area contributed by atoms with Gasteiger partial charge in [0.1, 0.15) is 11.9 Å². The number of aryl methyl sites for hydroxylation is 1. The molecule has 0 amide bonds. The number of fused-ring (bicyclic) bond motifs is 1. The Morgan fingerprint density at radius 1 is 1.21 bits per heavy atom. The lowest BCUT2D eigenvalue weighted by Crippen LogP contribution is -2.23. The van der Waals surface area contributed by atoms with E-state index in [0.29, 0.717) is 0 Å². The molecule has 0 saturated carbocycles. The Kier molecular flexibility index (Phi) is 3.34. The normalized spacial score (nSPS) is 16.8. The summed E-state index contributed by atoms with van der Waals surface area (Å²) in [5.41, 5.74) is 3.59. The van der Waals surface area contributed by atoms with Crippen molar-refractivity contribution in [2.75, 3.05) is 11.9 Å². The maximum Gasteiger partial charge on any atom is 0.123 e. The third-order valence-corrected chi connectivity index (χ3v) is 3.58. The van der Waals surface area contributed by atoms with Crippen molar-refractivity contribution < 1.29 is 4.74 Å². The van der Waals surface area contributed by atoms with Gasteiger partial charge in [-0.25, -0.2) is 0 Å². The molecule has 1 N–H and O–H groups in total. The summed E-state index contributed by atoms with van der Waals surface area (Å²) in [6.07, 6.45) is 1.09. The maximum atomic E-state index is 5.99. The Hall–Kier alpha value is -1.67. The monoisotopic (exact) mass is 273 g/mol. The zero-order chi connectivity index (χ0) is 13.2. The van der Waals surface area contributed by atoms with E-state index >= 15 is 0 Å². The van der Waals surface area contributed by atoms with Crippen LogP contribution in [0.3, 0.4) is 0 Å². The van der Waals surface area contributed by atoms with E-state index in [0.717, 1.165) is 29.4 Å². The summed E-state index contributed by atoms with van der Waals surface area (Å²) in [7, 11) is 0. The maximum absolute atomic E-state index is 5.99. The quantitative estimate of drug-likeness (QED) is 0.910. The third-order valence-electron chi connectivity index (χ3n) is 3.35. The van der Waals surface area contributed by atoms with Crippen molar-refractivity contribution in [2.45, 2.75) is 19.4 Å². The van der Waals surface area contributed by atoms with E-state index in [-0.39, 0.29) is 6.10 Å². The van der Waals surface area contributed by atoms with Crippen LogP contribution >= 0.6 is 11.6 Å². The Labute approximate surface area is 118 Å². The van der Waals surface area contributed by atoms with Crippen molar-refractivity contribution in [2.24, 2.45) is 0 Å². The van der Waals surface area contributed by atoms with Crippen LogP contribution in [0, 0.1) is 6.92 Å². The summed E-state index contributed by atoms with van der Waals surface area (Å²) in [4.78, 5) is 0. The highest BCUT2D eigenvalue weighted by Gasteiger charge is 2.22. The van der Waals surface area contributed by atoms with Gasteiger partial charge < -0.3 is 10.1 Å². The number of halogens is 1. The van der Waals surface area contributed by atoms with Crippen molar-refractivity contribution in [1.82, 2.24) is 0 Å². The van der Waals surface area contributed by atoms with Crippen molar-refractivity contribution in [1.29, 1.82) is 0 Å². The first-order valence-electron chi connectivity index (χ1n) is 6.46. The molecule has 19 heavy (non-hydrogen) atoms. The Balaban J connectivity index is 1.60. The second kappa shape index (κ2) is 5.14. The van der Waals surface area contributed by atoms with Crippen molar-refractivity contribution >= 4 is 17.3 Å². The van der Waals surface area contributed by atoms with Crippen molar-refractivity contribution in [3.8, 4) is 5.75 Å². The topological polar surface area (TPSA) is 21.3 Å². The number of hydrogen-bond acceptors (Lipinski definition) is 2. The lowest BCUT2D eigenvalue weighted by atomic mass is 10.1. The molecule has 0 fully saturated rings. The zero-order valence-corrected chi connectivity index (χ0v) is 11.6. The minimum absolute atomic E-state index is 0.176. The van der Waals surface area contributed by atoms with Crippen molar-refractivity contribution in [3.05, 3.63) is 58.6 Å². The van der Waals surface area contributed by atoms with Crippen LogP contribution in [0.1, 0.15) is 11.1 Å². The molecule has 1 unspecified atom stereocenters. The molecule has 2 nitrogen and oxygen atoms in total. The number of nitrogens with one attached hydrogen (secondary N) is 1. The standard InChI is InChI=1S/C16H16ClNO/c1-11-2-5-14(6-3-11)18-10-15-9-12-8-13(17)4-7-16(12)19-15/h2-8,15,18H,9-10H2,1H3. The molecule has 3 rings (SSSR count). The number of benzene rings is 2. The number of anilines is 1. The molecule has 1 atom stereocenters. The fourth-order valence-electron chi connectivity index (χ4n) is 2.31. The highest BCUT2D eigenvalue weighted by molar-refractivity contribution is 6.30. The van der Waals surface area contributed by atoms with E-state index < -0.39 is 0 Å². The summed E-state index contributed by atoms with van der Waals surface area (Å²) in [5.74, 6) is 0.958. The summed E-state index contributed by atoms with van der Waals surface area (Å²) < 4.78 is 5.89. The van der Waals surface area contributed by atoms with Gasteiger partial charge in [-0.2, -0.15) is 0 Å². The lowest BCUT2D eigenvalue weighted by Gasteiger charge is -2.13. The highest BCUT2D eigenvalue weighted by Crippen LogP contribution is 2.31. The molecule has 98 valence electrons. The SMILES string of the molecule is Cc1ccc(NCC2Cc3cc(Cl)ccc3O2)cc1. The molecule has 1 aliphatic heterocycles. The summed E-state index contributed by atoms with van der Waals surface area (Å²) >= 11 is 5.99. The average Bonchev–Trinajstić information content (AvgIpc) is 2.80. The molecule has 1 heterocycles. The molecule has 0 aliphatic carbocycles. The molecule has 0 radical (unpaired) electrons. The largest absolute Gasteiger partial charge is 0.488 e. The van der Waals surface area contributed by atoms with Crippen LogP contribution in [-0.2, 0) is 6.42 Å². The van der Waals surface area contributed by atoms with Crippen LogP contribution < -0.4 is 10.1 Å². The molecule has 0 bridgehead atoms. The van der Waals surface area contributed by atoms with E-state index in [4.69, 9.17) is 16.3 Å². The van der Waals surface area contributed by atoms with Crippen LogP contribution in [0.15, 0.2) is 42.5 Å². The van der Waals surface area contributed by atoms with Gasteiger partial charge in [0.25, 0.3) is 0 Å². The second-order valence-electron chi connectivity index (χ2n) is 4.94. The molecular weight excluding hydrogens is 258 g/mol. The molecule has 1 aliphatic rings. The van der Waals surface area contributed by atoms with Gasteiger partial charge in [0, 0.05) is 17.1 Å². The van der Waals surface area contributed by atoms with Crippen LogP contribution in [0.4, 0.5) is 5.69 Å². The van der Waals surface area contributed by atoms with E-state index in [1.165, 1.54) is 11.1 Å². The van der Waals surface area contributed by atoms with Gasteiger partial charge in [-0.05, 0) is 42.8 Å². The highest BCUT2D eigenvalue weighted by atomic mass is 35.5. The predicted molar refractivity (Wildman–Crippen MR) is 79.2 cm³/mol. The van der Waals surface area contributed by atoms with Gasteiger partial charge in [-0.3, -0.25) is 0 Å². The number of hydrogen-bond donors (Lipinski definition) is 1. The van der Waals surface area contributed by atoms with Crippen molar-refractivity contribution in [3.63, 3.8) is 0 Å². The van der Waals surface area contributed by atoms with Crippen LogP contribution in [0.5, 0.6) is 5.75 Å². The van der Waals surface area contributed by atoms with Gasteiger partial charge in [-0.15, -0.1) is 0 Å². The third kappa shape index (κ3) is 2.85. The smallest absolute Gasteiger partial charge is 0.123 e. The molecule has 0 spiro atoms. The molecule has 2 aromatic rings. The second-order valence-corrected chi connectivity index (χ2v) is 5.38. The predicted octanol–water partition coefficient (Wildman–Crippen LogP) is 4.06. The van der Waals surface area contributed by atoms with Crippen LogP contribution in [-0.4, -0.2) is 12.6 Å². The van der Waals surface area contributed by atoms with Gasteiger partial charge in [0.05, 0.1) is 6.54 Å². The first kappa shape index (κ1) is 12.4. The minimum Gasteiger partial charge on any atom is -0.488 e. The Morgan fingerprint density at radius 3 is 2.79 bits per heavy atom. The first-order chi connectivity index (χ1) is 9.20. The molecular formula is C16H16ClNO. The molecule has 0 saturated heterocycles. The summed E-state index contributed by atoms with van der Waals surface area (Å²) in [5, 5.41) is 4.18. The zero-order valence-electron chi connectivity index (χ0n) is 10.8. The summed E-state index contributed by atoms with van der Waals surface area (Å²) in [6, 6.07) is 14.2. The van der Waals surface area contributed by atoms with E-state index in [1.54, 1.807) is 0 Å². The Bertz CT molecular complexity index is 580. The van der Waals surface area contributed by atoms with E-state index in [2.05, 4.69) is 36.5 Å². The Morgan fingerprint density at radius 2 is 2.00 bits per heavy atom. The number of rotatable bonds is 3. The fourth-order valence-corrected chi connectivity index (χ4v) is 2.50. The van der Waals surface area contributed by atoms with Gasteiger partial charge in [0.15, 0.2) is 0 Å². The van der Waals surface area contributed by atoms with E-state index in [9.17, 15) is 0 Å².